The summed E-state index contributed by atoms with van der Waals surface area (Å²) >= 11 is 0. The second kappa shape index (κ2) is 8.30. The van der Waals surface area contributed by atoms with Crippen molar-refractivity contribution in [2.24, 2.45) is 0 Å². The van der Waals surface area contributed by atoms with Crippen LogP contribution in [0, 0.1) is 0 Å². The van der Waals surface area contributed by atoms with Crippen LogP contribution in [-0.2, 0) is 0 Å². The van der Waals surface area contributed by atoms with Crippen LogP contribution < -0.4 is 9.47 Å². The maximum atomic E-state index is 13.0. The number of hydrogen-bond donors (Lipinski definition) is 0. The molecule has 0 spiro atoms. The van der Waals surface area contributed by atoms with Gasteiger partial charge in [-0.3, -0.25) is 9.78 Å². The minimum atomic E-state index is -0.0476. The van der Waals surface area contributed by atoms with Gasteiger partial charge >= 0.3 is 0 Å². The van der Waals surface area contributed by atoms with Gasteiger partial charge in [-0.15, -0.1) is 0 Å². The summed E-state index contributed by atoms with van der Waals surface area (Å²) in [5, 5.41) is 4.15. The van der Waals surface area contributed by atoms with E-state index in [4.69, 9.17) is 14.0 Å². The zero-order chi connectivity index (χ0) is 20.2. The van der Waals surface area contributed by atoms with E-state index < -0.39 is 0 Å². The van der Waals surface area contributed by atoms with Crippen molar-refractivity contribution in [2.75, 3.05) is 27.3 Å². The lowest BCUT2D eigenvalue weighted by Crippen LogP contribution is -2.38. The van der Waals surface area contributed by atoms with Gasteiger partial charge in [0.2, 0.25) is 0 Å². The number of benzene rings is 1. The molecule has 3 heterocycles. The van der Waals surface area contributed by atoms with Crippen LogP contribution in [0.1, 0.15) is 34.9 Å². The fourth-order valence-electron chi connectivity index (χ4n) is 3.50. The highest BCUT2D eigenvalue weighted by Gasteiger charge is 2.29. The number of carbonyl (C=O) groups excluding carboxylic acids is 1. The Labute approximate surface area is 168 Å². The summed E-state index contributed by atoms with van der Waals surface area (Å²) in [6.45, 7) is 1.25. The van der Waals surface area contributed by atoms with Crippen molar-refractivity contribution in [3.63, 3.8) is 0 Å². The lowest BCUT2D eigenvalue weighted by Gasteiger charge is -2.31. The molecular weight excluding hydrogens is 372 g/mol. The molecular formula is C21H22N4O4. The number of carbonyl (C=O) groups is 1. The van der Waals surface area contributed by atoms with E-state index in [-0.39, 0.29) is 11.8 Å². The zero-order valence-electron chi connectivity index (χ0n) is 16.4. The van der Waals surface area contributed by atoms with Crippen molar-refractivity contribution in [3.8, 4) is 23.0 Å². The van der Waals surface area contributed by atoms with Crippen LogP contribution in [0.15, 0.2) is 47.2 Å². The lowest BCUT2D eigenvalue weighted by atomic mass is 9.95. The number of hydrogen-bond acceptors (Lipinski definition) is 7. The molecule has 0 atom stereocenters. The molecule has 8 heteroatoms. The summed E-state index contributed by atoms with van der Waals surface area (Å²) < 4.78 is 16.0. The number of piperidine rings is 1. The second-order valence-electron chi connectivity index (χ2n) is 6.83. The summed E-state index contributed by atoms with van der Waals surface area (Å²) in [6, 6.07) is 8.90. The largest absolute Gasteiger partial charge is 0.497 e. The summed E-state index contributed by atoms with van der Waals surface area (Å²) in [4.78, 5) is 23.3. The maximum Gasteiger partial charge on any atom is 0.258 e. The number of rotatable bonds is 5. The van der Waals surface area contributed by atoms with Crippen molar-refractivity contribution in [3.05, 3.63) is 54.1 Å². The minimum Gasteiger partial charge on any atom is -0.497 e. The Hall–Kier alpha value is -3.42. The van der Waals surface area contributed by atoms with Crippen LogP contribution >= 0.6 is 0 Å². The topological polar surface area (TPSA) is 90.6 Å². The van der Waals surface area contributed by atoms with Gasteiger partial charge in [-0.1, -0.05) is 5.16 Å². The Morgan fingerprint density at radius 2 is 1.86 bits per heavy atom. The van der Waals surface area contributed by atoms with Crippen molar-refractivity contribution in [2.45, 2.75) is 18.8 Å². The molecule has 0 saturated carbocycles. The van der Waals surface area contributed by atoms with Gasteiger partial charge in [-0.2, -0.15) is 4.98 Å². The van der Waals surface area contributed by atoms with E-state index in [2.05, 4.69) is 15.1 Å². The molecule has 8 nitrogen and oxygen atoms in total. The van der Waals surface area contributed by atoms with Gasteiger partial charge in [-0.25, -0.2) is 0 Å². The highest BCUT2D eigenvalue weighted by molar-refractivity contribution is 5.97. The molecule has 3 aromatic rings. The normalized spacial score (nSPS) is 14.6. The summed E-state index contributed by atoms with van der Waals surface area (Å²) in [7, 11) is 3.13. The van der Waals surface area contributed by atoms with Gasteiger partial charge in [0.15, 0.2) is 5.82 Å². The van der Waals surface area contributed by atoms with Gasteiger partial charge in [0.05, 0.1) is 19.8 Å². The molecule has 4 rings (SSSR count). The third-order valence-electron chi connectivity index (χ3n) is 5.16. The Bertz CT molecular complexity index is 981. The Morgan fingerprint density at radius 1 is 1.10 bits per heavy atom. The number of nitrogens with zero attached hydrogens (tertiary/aromatic N) is 4. The number of amides is 1. The fraction of sp³-hybridized carbons (Fsp3) is 0.333. The van der Waals surface area contributed by atoms with E-state index in [1.807, 2.05) is 17.0 Å². The minimum absolute atomic E-state index is 0.0476. The molecule has 29 heavy (non-hydrogen) atoms. The van der Waals surface area contributed by atoms with Crippen molar-refractivity contribution in [1.29, 1.82) is 0 Å². The molecule has 150 valence electrons. The molecule has 0 unspecified atom stereocenters. The number of methoxy groups -OCH3 is 2. The summed E-state index contributed by atoms with van der Waals surface area (Å²) in [6.07, 6.45) is 4.94. The van der Waals surface area contributed by atoms with Crippen LogP contribution in [0.25, 0.3) is 11.5 Å². The first-order chi connectivity index (χ1) is 14.2. The molecule has 0 bridgehead atoms. The quantitative estimate of drug-likeness (QED) is 0.656. The number of aromatic nitrogens is 3. The first-order valence-corrected chi connectivity index (χ1v) is 9.45. The lowest BCUT2D eigenvalue weighted by molar-refractivity contribution is 0.0707. The average Bonchev–Trinajstić information content (AvgIpc) is 3.29. The van der Waals surface area contributed by atoms with Gasteiger partial charge in [-0.05, 0) is 37.1 Å². The van der Waals surface area contributed by atoms with Crippen molar-refractivity contribution in [1.82, 2.24) is 20.0 Å². The summed E-state index contributed by atoms with van der Waals surface area (Å²) in [5.74, 6) is 2.45. The van der Waals surface area contributed by atoms with Crippen LogP contribution in [0.5, 0.6) is 11.5 Å². The standard InChI is InChI=1S/C21H22N4O4/c1-27-16-3-4-17(18(13-16)28-2)21(26)25-11-7-14(8-12-25)19-23-20(29-24-19)15-5-9-22-10-6-15/h3-6,9-10,13-14H,7-8,11-12H2,1-2H3. The highest BCUT2D eigenvalue weighted by Crippen LogP contribution is 2.31. The molecule has 1 aliphatic heterocycles. The van der Waals surface area contributed by atoms with Crippen LogP contribution in [0.3, 0.4) is 0 Å². The smallest absolute Gasteiger partial charge is 0.258 e. The van der Waals surface area contributed by atoms with Crippen molar-refractivity contribution < 1.29 is 18.8 Å². The number of pyridine rings is 1. The molecule has 0 N–H and O–H groups in total. The Morgan fingerprint density at radius 3 is 2.55 bits per heavy atom. The summed E-state index contributed by atoms with van der Waals surface area (Å²) in [5.41, 5.74) is 1.38. The van der Waals surface area contributed by atoms with E-state index in [0.29, 0.717) is 41.9 Å². The first-order valence-electron chi connectivity index (χ1n) is 9.45. The molecule has 1 saturated heterocycles. The molecule has 1 fully saturated rings. The third kappa shape index (κ3) is 3.91. The second-order valence-corrected chi connectivity index (χ2v) is 6.83. The van der Waals surface area contributed by atoms with Gasteiger partial charge in [0.1, 0.15) is 11.5 Å². The van der Waals surface area contributed by atoms with E-state index in [9.17, 15) is 4.79 Å². The van der Waals surface area contributed by atoms with Gasteiger partial charge in [0, 0.05) is 43.0 Å². The highest BCUT2D eigenvalue weighted by atomic mass is 16.5. The molecule has 1 amide bonds. The van der Waals surface area contributed by atoms with E-state index in [1.54, 1.807) is 44.8 Å². The molecule has 0 radical (unpaired) electrons. The SMILES string of the molecule is COc1ccc(C(=O)N2CCC(c3noc(-c4ccncc4)n3)CC2)c(OC)c1. The Kier molecular flexibility index (Phi) is 5.41. The van der Waals surface area contributed by atoms with Crippen LogP contribution in [0.2, 0.25) is 0 Å². The maximum absolute atomic E-state index is 13.0. The van der Waals surface area contributed by atoms with Crippen molar-refractivity contribution >= 4 is 5.91 Å². The Balaban J connectivity index is 1.42. The number of likely N-dealkylation sites (tertiary alicyclic amines) is 1. The third-order valence-corrected chi connectivity index (χ3v) is 5.16. The molecule has 2 aromatic heterocycles. The van der Waals surface area contributed by atoms with Gasteiger partial charge < -0.3 is 18.9 Å². The fourth-order valence-corrected chi connectivity index (χ4v) is 3.50. The van der Waals surface area contributed by atoms with Crippen LogP contribution in [0.4, 0.5) is 0 Å². The van der Waals surface area contributed by atoms with E-state index >= 15 is 0 Å². The monoisotopic (exact) mass is 394 g/mol. The first kappa shape index (κ1) is 18.9. The molecule has 0 aliphatic carbocycles. The number of ether oxygens (including phenoxy) is 2. The predicted molar refractivity (Wildman–Crippen MR) is 105 cm³/mol. The van der Waals surface area contributed by atoms with E-state index in [1.165, 1.54) is 0 Å². The zero-order valence-corrected chi connectivity index (χ0v) is 16.4. The molecule has 1 aromatic carbocycles. The van der Waals surface area contributed by atoms with Gasteiger partial charge in [0.25, 0.3) is 11.8 Å². The van der Waals surface area contributed by atoms with Crippen LogP contribution in [-0.4, -0.2) is 53.2 Å². The average molecular weight is 394 g/mol. The van der Waals surface area contributed by atoms with E-state index in [0.717, 1.165) is 18.4 Å². The molecule has 1 aliphatic rings. The predicted octanol–water partition coefficient (Wildman–Crippen LogP) is 3.17.